The molecule has 0 aliphatic carbocycles. The van der Waals surface area contributed by atoms with Crippen LogP contribution in [0, 0.1) is 5.92 Å². The lowest BCUT2D eigenvalue weighted by atomic mass is 10.0. The number of aromatic nitrogens is 2. The van der Waals surface area contributed by atoms with Crippen LogP contribution in [0.2, 0.25) is 0 Å². The van der Waals surface area contributed by atoms with E-state index in [9.17, 15) is 14.4 Å². The summed E-state index contributed by atoms with van der Waals surface area (Å²) in [4.78, 5) is 42.5. The number of rotatable bonds is 13. The lowest BCUT2D eigenvalue weighted by Gasteiger charge is -2.21. The Kier molecular flexibility index (Phi) is 10.9. The first-order valence-electron chi connectivity index (χ1n) is 15.9. The van der Waals surface area contributed by atoms with Gasteiger partial charge in [-0.3, -0.25) is 9.36 Å². The van der Waals surface area contributed by atoms with E-state index in [1.54, 1.807) is 6.20 Å². The zero-order valence-corrected chi connectivity index (χ0v) is 26.5. The van der Waals surface area contributed by atoms with Gasteiger partial charge >= 0.3 is 17.8 Å². The Morgan fingerprint density at radius 3 is 2.57 bits per heavy atom. The van der Waals surface area contributed by atoms with E-state index in [4.69, 9.17) is 24.4 Å². The minimum absolute atomic E-state index is 0.125. The lowest BCUT2D eigenvalue weighted by Crippen LogP contribution is -2.40. The van der Waals surface area contributed by atoms with Crippen LogP contribution in [0.1, 0.15) is 63.8 Å². The molecule has 11 heteroatoms. The number of ether oxygens (including phenoxy) is 3. The number of fused-ring (bicyclic) bond motifs is 1. The molecular weight excluding hydrogens is 588 g/mol. The standard InChI is InChI=1S/C35H42N4O7/c1-4-5-7-10-23-13-15-25(16-14-23)27-17-26-20-39(34(41)38-32(26)45-27)30-18-28(29(44-30)21-43-33(40)31(36)22(2)3)46-35(42)37-19-24-11-8-6-9-12-24/h6,8-9,11-17,20,22,28-31H,4-5,7,10,18-19,21,36H2,1-3H3,(H,37,42)/t28?,29?,30?,31-/m0/s1. The van der Waals surface area contributed by atoms with Gasteiger partial charge in [0.1, 0.15) is 36.8 Å². The number of carbonyl (C=O) groups excluding carboxylic acids is 2. The second kappa shape index (κ2) is 15.2. The number of esters is 1. The first-order chi connectivity index (χ1) is 22.2. The molecule has 1 amide bonds. The molecule has 0 spiro atoms. The zero-order valence-electron chi connectivity index (χ0n) is 26.5. The number of nitrogens with two attached hydrogens (primary N) is 1. The number of alkyl carbamates (subject to hydrolysis) is 1. The van der Waals surface area contributed by atoms with Crippen molar-refractivity contribution < 1.29 is 28.2 Å². The van der Waals surface area contributed by atoms with Crippen LogP contribution in [0.5, 0.6) is 0 Å². The van der Waals surface area contributed by atoms with Gasteiger partial charge in [0, 0.05) is 24.7 Å². The van der Waals surface area contributed by atoms with Gasteiger partial charge in [0.2, 0.25) is 5.71 Å². The van der Waals surface area contributed by atoms with Gasteiger partial charge in [-0.1, -0.05) is 88.2 Å². The lowest BCUT2D eigenvalue weighted by molar-refractivity contribution is -0.152. The summed E-state index contributed by atoms with van der Waals surface area (Å²) in [7, 11) is 0. The Balaban J connectivity index is 1.31. The molecule has 1 fully saturated rings. The van der Waals surface area contributed by atoms with Crippen LogP contribution in [0.4, 0.5) is 4.79 Å². The van der Waals surface area contributed by atoms with Crippen LogP contribution < -0.4 is 16.7 Å². The molecule has 2 aromatic carbocycles. The van der Waals surface area contributed by atoms with Crippen molar-refractivity contribution in [1.29, 1.82) is 0 Å². The highest BCUT2D eigenvalue weighted by Crippen LogP contribution is 2.32. The van der Waals surface area contributed by atoms with E-state index >= 15 is 0 Å². The summed E-state index contributed by atoms with van der Waals surface area (Å²) >= 11 is 0. The van der Waals surface area contributed by atoms with Gasteiger partial charge in [-0.05, 0) is 36.0 Å². The third-order valence-corrected chi connectivity index (χ3v) is 8.15. The van der Waals surface area contributed by atoms with Crippen molar-refractivity contribution in [3.8, 4) is 11.3 Å². The van der Waals surface area contributed by atoms with Crippen LogP contribution in [-0.4, -0.2) is 46.5 Å². The van der Waals surface area contributed by atoms with Crippen molar-refractivity contribution in [3.05, 3.63) is 88.5 Å². The Morgan fingerprint density at radius 1 is 1.09 bits per heavy atom. The van der Waals surface area contributed by atoms with Crippen LogP contribution in [0.3, 0.4) is 0 Å². The van der Waals surface area contributed by atoms with E-state index in [1.807, 2.05) is 62.4 Å². The van der Waals surface area contributed by atoms with Gasteiger partial charge in [-0.2, -0.15) is 4.98 Å². The third-order valence-electron chi connectivity index (χ3n) is 8.15. The second-order valence-corrected chi connectivity index (χ2v) is 12.0. The first-order valence-corrected chi connectivity index (χ1v) is 15.9. The molecule has 3 unspecified atom stereocenters. The molecule has 0 saturated carbocycles. The quantitative estimate of drug-likeness (QED) is 0.144. The zero-order chi connectivity index (χ0) is 32.6. The minimum atomic E-state index is -0.839. The monoisotopic (exact) mass is 630 g/mol. The van der Waals surface area contributed by atoms with E-state index in [-0.39, 0.29) is 31.2 Å². The van der Waals surface area contributed by atoms with Crippen molar-refractivity contribution in [2.45, 2.75) is 83.9 Å². The summed E-state index contributed by atoms with van der Waals surface area (Å²) in [6, 6.07) is 18.6. The van der Waals surface area contributed by atoms with Crippen molar-refractivity contribution in [1.82, 2.24) is 14.9 Å². The van der Waals surface area contributed by atoms with Gasteiger partial charge in [0.05, 0.1) is 5.39 Å². The topological polar surface area (TPSA) is 148 Å². The fraction of sp³-hybridized carbons (Fsp3) is 0.429. The maximum absolute atomic E-state index is 13.2. The summed E-state index contributed by atoms with van der Waals surface area (Å²) in [5.41, 5.74) is 8.62. The second-order valence-electron chi connectivity index (χ2n) is 12.0. The maximum Gasteiger partial charge on any atom is 0.407 e. The third kappa shape index (κ3) is 8.21. The fourth-order valence-electron chi connectivity index (χ4n) is 5.32. The molecule has 1 aliphatic heterocycles. The highest BCUT2D eigenvalue weighted by Gasteiger charge is 2.41. The van der Waals surface area contributed by atoms with Gasteiger partial charge < -0.3 is 29.7 Å². The summed E-state index contributed by atoms with van der Waals surface area (Å²) < 4.78 is 24.6. The highest BCUT2D eigenvalue weighted by molar-refractivity contribution is 5.79. The van der Waals surface area contributed by atoms with E-state index in [2.05, 4.69) is 29.4 Å². The predicted molar refractivity (Wildman–Crippen MR) is 173 cm³/mol. The number of hydrogen-bond acceptors (Lipinski definition) is 9. The smallest absolute Gasteiger partial charge is 0.407 e. The molecule has 0 radical (unpaired) electrons. The number of carbonyl (C=O) groups is 2. The Labute approximate surface area is 268 Å². The number of nitrogens with one attached hydrogen (secondary N) is 1. The largest absolute Gasteiger partial charge is 0.462 e. The minimum Gasteiger partial charge on any atom is -0.462 e. The summed E-state index contributed by atoms with van der Waals surface area (Å²) in [6.07, 6.45) is 3.16. The average Bonchev–Trinajstić information content (AvgIpc) is 3.66. The van der Waals surface area contributed by atoms with Crippen LogP contribution >= 0.6 is 0 Å². The van der Waals surface area contributed by atoms with Crippen molar-refractivity contribution in [3.63, 3.8) is 0 Å². The molecule has 46 heavy (non-hydrogen) atoms. The molecule has 0 bridgehead atoms. The van der Waals surface area contributed by atoms with E-state index in [1.165, 1.54) is 23.0 Å². The van der Waals surface area contributed by atoms with E-state index < -0.39 is 42.2 Å². The fourth-order valence-corrected chi connectivity index (χ4v) is 5.32. The number of furan rings is 1. The molecule has 4 atom stereocenters. The number of benzene rings is 2. The molecular formula is C35H42N4O7. The number of aryl methyl sites for hydroxylation is 1. The molecule has 3 heterocycles. The Morgan fingerprint density at radius 2 is 1.85 bits per heavy atom. The van der Waals surface area contributed by atoms with Crippen molar-refractivity contribution >= 4 is 23.2 Å². The van der Waals surface area contributed by atoms with Crippen LogP contribution in [0.15, 0.2) is 76.1 Å². The predicted octanol–water partition coefficient (Wildman–Crippen LogP) is 5.50. The SMILES string of the molecule is CCCCCc1ccc(-c2cc3cn(C4CC(OC(=O)NCc5ccccc5)C(COC(=O)[C@@H](N)C(C)C)O4)c(=O)nc3o2)cc1. The van der Waals surface area contributed by atoms with Gasteiger partial charge in [-0.15, -0.1) is 0 Å². The number of hydrogen-bond donors (Lipinski definition) is 2. The maximum atomic E-state index is 13.2. The molecule has 11 nitrogen and oxygen atoms in total. The summed E-state index contributed by atoms with van der Waals surface area (Å²) in [5, 5.41) is 3.34. The van der Waals surface area contributed by atoms with Gasteiger partial charge in [0.25, 0.3) is 0 Å². The molecule has 1 aliphatic rings. The molecule has 1 saturated heterocycles. The van der Waals surface area contributed by atoms with E-state index in [0.29, 0.717) is 11.1 Å². The Bertz CT molecular complexity index is 1670. The molecule has 3 N–H and O–H groups in total. The number of unbranched alkanes of at least 4 members (excludes halogenated alkanes) is 2. The molecule has 2 aromatic heterocycles. The number of nitrogens with zero attached hydrogens (tertiary/aromatic N) is 2. The van der Waals surface area contributed by atoms with Crippen molar-refractivity contribution in [2.24, 2.45) is 11.7 Å². The molecule has 244 valence electrons. The molecule has 4 aromatic rings. The normalized spacial score (nSPS) is 18.5. The van der Waals surface area contributed by atoms with Crippen molar-refractivity contribution in [2.75, 3.05) is 6.61 Å². The first kappa shape index (κ1) is 32.9. The van der Waals surface area contributed by atoms with Crippen LogP contribution in [-0.2, 0) is 32.0 Å². The Hall–Kier alpha value is -4.48. The van der Waals surface area contributed by atoms with Gasteiger partial charge in [0.15, 0.2) is 0 Å². The average molecular weight is 631 g/mol. The highest BCUT2D eigenvalue weighted by atomic mass is 16.6. The van der Waals surface area contributed by atoms with Crippen LogP contribution in [0.25, 0.3) is 22.4 Å². The summed E-state index contributed by atoms with van der Waals surface area (Å²) in [5.74, 6) is -0.121. The molecule has 5 rings (SSSR count). The van der Waals surface area contributed by atoms with Gasteiger partial charge in [-0.25, -0.2) is 9.59 Å². The van der Waals surface area contributed by atoms with E-state index in [0.717, 1.165) is 24.0 Å². The summed E-state index contributed by atoms with van der Waals surface area (Å²) in [6.45, 7) is 5.88. The number of amides is 1.